The van der Waals surface area contributed by atoms with Crippen molar-refractivity contribution in [2.75, 3.05) is 0 Å². The summed E-state index contributed by atoms with van der Waals surface area (Å²) in [4.78, 5) is 0. The summed E-state index contributed by atoms with van der Waals surface area (Å²) in [6, 6.07) is -0.150. The van der Waals surface area contributed by atoms with E-state index in [2.05, 4.69) is 0 Å². The van der Waals surface area contributed by atoms with Crippen molar-refractivity contribution in [2.45, 2.75) is 48.5 Å². The Kier molecular flexibility index (Phi) is 4.11. The summed E-state index contributed by atoms with van der Waals surface area (Å²) < 4.78 is 0. The Morgan fingerprint density at radius 2 is 1.58 bits per heavy atom. The molecular formula is C8H16Cl2N2. The van der Waals surface area contributed by atoms with E-state index in [1.54, 1.807) is 0 Å². The van der Waals surface area contributed by atoms with Crippen LogP contribution in [-0.2, 0) is 0 Å². The van der Waals surface area contributed by atoms with Gasteiger partial charge in [-0.25, -0.2) is 0 Å². The van der Waals surface area contributed by atoms with Gasteiger partial charge in [-0.2, -0.15) is 0 Å². The number of halogens is 2. The predicted molar refractivity (Wildman–Crippen MR) is 53.7 cm³/mol. The van der Waals surface area contributed by atoms with E-state index >= 15 is 0 Å². The Morgan fingerprint density at radius 1 is 1.00 bits per heavy atom. The van der Waals surface area contributed by atoms with E-state index < -0.39 is 0 Å². The van der Waals surface area contributed by atoms with Crippen LogP contribution in [-0.4, -0.2) is 22.8 Å². The van der Waals surface area contributed by atoms with Crippen molar-refractivity contribution >= 4 is 23.2 Å². The van der Waals surface area contributed by atoms with Gasteiger partial charge in [0.05, 0.1) is 10.8 Å². The summed E-state index contributed by atoms with van der Waals surface area (Å²) in [5.41, 5.74) is 11.7. The average Bonchev–Trinajstić information content (AvgIpc) is 2.07. The number of alkyl halides is 2. The minimum atomic E-state index is -0.179. The molecule has 1 saturated carbocycles. The molecule has 12 heavy (non-hydrogen) atoms. The maximum absolute atomic E-state index is 6.05. The second-order valence-corrected chi connectivity index (χ2v) is 4.55. The summed E-state index contributed by atoms with van der Waals surface area (Å²) in [6.07, 6.45) is 4.14. The van der Waals surface area contributed by atoms with E-state index in [4.69, 9.17) is 34.7 Å². The minimum absolute atomic E-state index is 0.00838. The fourth-order valence-corrected chi connectivity index (χ4v) is 2.18. The molecule has 0 amide bonds. The van der Waals surface area contributed by atoms with E-state index in [9.17, 15) is 0 Å². The fraction of sp³-hybridized carbons (Fsp3) is 1.00. The molecule has 1 aliphatic carbocycles. The Hall–Kier alpha value is 0.500. The lowest BCUT2D eigenvalue weighted by Crippen LogP contribution is -2.51. The van der Waals surface area contributed by atoms with Crippen LogP contribution in [0.3, 0.4) is 0 Å². The van der Waals surface area contributed by atoms with Crippen LogP contribution in [0.5, 0.6) is 0 Å². The Balaban J connectivity index is 2.55. The van der Waals surface area contributed by atoms with Crippen molar-refractivity contribution in [2.24, 2.45) is 11.5 Å². The Bertz CT molecular complexity index is 127. The predicted octanol–water partition coefficient (Wildman–Crippen LogP) is 1.43. The molecule has 0 aromatic carbocycles. The SMILES string of the molecule is NC1CCCCC(Cl)C(Cl)C1N. The van der Waals surface area contributed by atoms with Gasteiger partial charge < -0.3 is 11.5 Å². The molecule has 4 unspecified atom stereocenters. The topological polar surface area (TPSA) is 52.0 Å². The van der Waals surface area contributed by atoms with Crippen LogP contribution in [0, 0.1) is 0 Å². The van der Waals surface area contributed by atoms with Gasteiger partial charge in [-0.3, -0.25) is 0 Å². The lowest BCUT2D eigenvalue weighted by molar-refractivity contribution is 0.411. The third kappa shape index (κ3) is 2.49. The monoisotopic (exact) mass is 210 g/mol. The standard InChI is InChI=1S/C8H16Cl2N2/c9-5-3-1-2-4-6(11)8(12)7(5)10/h5-8H,1-4,11-12H2. The highest BCUT2D eigenvalue weighted by Crippen LogP contribution is 2.24. The highest BCUT2D eigenvalue weighted by atomic mass is 35.5. The van der Waals surface area contributed by atoms with Crippen LogP contribution in [0.2, 0.25) is 0 Å². The lowest BCUT2D eigenvalue weighted by Gasteiger charge is -2.29. The third-order valence-corrected chi connectivity index (χ3v) is 3.69. The molecule has 0 saturated heterocycles. The van der Waals surface area contributed by atoms with E-state index in [1.165, 1.54) is 0 Å². The van der Waals surface area contributed by atoms with Crippen LogP contribution >= 0.6 is 23.2 Å². The Labute approximate surface area is 83.6 Å². The van der Waals surface area contributed by atoms with Crippen molar-refractivity contribution in [3.8, 4) is 0 Å². The molecule has 4 heteroatoms. The minimum Gasteiger partial charge on any atom is -0.326 e. The molecule has 0 spiro atoms. The summed E-state index contributed by atoms with van der Waals surface area (Å²) >= 11 is 12.1. The molecule has 2 nitrogen and oxygen atoms in total. The molecule has 1 aliphatic rings. The van der Waals surface area contributed by atoms with E-state index in [-0.39, 0.29) is 22.8 Å². The first-order valence-corrected chi connectivity index (χ1v) is 5.29. The molecular weight excluding hydrogens is 195 g/mol. The number of hydrogen-bond acceptors (Lipinski definition) is 2. The molecule has 1 fully saturated rings. The number of hydrogen-bond donors (Lipinski definition) is 2. The van der Waals surface area contributed by atoms with Crippen molar-refractivity contribution < 1.29 is 0 Å². The van der Waals surface area contributed by atoms with Gasteiger partial charge in [0.2, 0.25) is 0 Å². The summed E-state index contributed by atoms with van der Waals surface area (Å²) in [5.74, 6) is 0. The molecule has 0 bridgehead atoms. The van der Waals surface area contributed by atoms with Gasteiger partial charge in [0.25, 0.3) is 0 Å². The van der Waals surface area contributed by atoms with Gasteiger partial charge in [0, 0.05) is 12.1 Å². The smallest absolute Gasteiger partial charge is 0.0665 e. The average molecular weight is 211 g/mol. The van der Waals surface area contributed by atoms with Gasteiger partial charge in [0.1, 0.15) is 0 Å². The highest BCUT2D eigenvalue weighted by Gasteiger charge is 2.29. The van der Waals surface area contributed by atoms with Crippen LogP contribution in [0.15, 0.2) is 0 Å². The van der Waals surface area contributed by atoms with Crippen LogP contribution < -0.4 is 11.5 Å². The largest absolute Gasteiger partial charge is 0.326 e. The summed E-state index contributed by atoms with van der Waals surface area (Å²) in [7, 11) is 0. The van der Waals surface area contributed by atoms with Gasteiger partial charge in [-0.05, 0) is 12.8 Å². The quantitative estimate of drug-likeness (QED) is 0.595. The molecule has 72 valence electrons. The molecule has 0 aromatic heterocycles. The third-order valence-electron chi connectivity index (χ3n) is 2.47. The maximum Gasteiger partial charge on any atom is 0.0665 e. The Morgan fingerprint density at radius 3 is 2.25 bits per heavy atom. The normalized spacial score (nSPS) is 45.0. The molecule has 0 aliphatic heterocycles. The van der Waals surface area contributed by atoms with Gasteiger partial charge >= 0.3 is 0 Å². The van der Waals surface area contributed by atoms with Crippen molar-refractivity contribution in [1.29, 1.82) is 0 Å². The molecule has 0 heterocycles. The van der Waals surface area contributed by atoms with Gasteiger partial charge in [-0.1, -0.05) is 12.8 Å². The van der Waals surface area contributed by atoms with Crippen LogP contribution in [0.4, 0.5) is 0 Å². The zero-order chi connectivity index (χ0) is 9.14. The number of rotatable bonds is 0. The van der Waals surface area contributed by atoms with Crippen LogP contribution in [0.1, 0.15) is 25.7 Å². The van der Waals surface area contributed by atoms with E-state index in [0.29, 0.717) is 0 Å². The van der Waals surface area contributed by atoms with E-state index in [1.807, 2.05) is 0 Å². The molecule has 4 atom stereocenters. The van der Waals surface area contributed by atoms with Crippen molar-refractivity contribution in [3.63, 3.8) is 0 Å². The van der Waals surface area contributed by atoms with Gasteiger partial charge in [-0.15, -0.1) is 23.2 Å². The number of nitrogens with two attached hydrogens (primary N) is 2. The fourth-order valence-electron chi connectivity index (χ4n) is 1.55. The molecule has 4 N–H and O–H groups in total. The van der Waals surface area contributed by atoms with Crippen LogP contribution in [0.25, 0.3) is 0 Å². The van der Waals surface area contributed by atoms with Crippen molar-refractivity contribution in [1.82, 2.24) is 0 Å². The zero-order valence-electron chi connectivity index (χ0n) is 7.05. The first kappa shape index (κ1) is 10.6. The first-order chi connectivity index (χ1) is 5.63. The molecule has 1 rings (SSSR count). The molecule has 0 radical (unpaired) electrons. The van der Waals surface area contributed by atoms with Crippen molar-refractivity contribution in [3.05, 3.63) is 0 Å². The second-order valence-electron chi connectivity index (χ2n) is 3.49. The second kappa shape index (κ2) is 4.66. The maximum atomic E-state index is 6.05. The van der Waals surface area contributed by atoms with E-state index in [0.717, 1.165) is 25.7 Å². The lowest BCUT2D eigenvalue weighted by atomic mass is 9.93. The first-order valence-electron chi connectivity index (χ1n) is 4.42. The molecule has 0 aromatic rings. The van der Waals surface area contributed by atoms with Gasteiger partial charge in [0.15, 0.2) is 0 Å². The summed E-state index contributed by atoms with van der Waals surface area (Å²) in [6.45, 7) is 0. The highest BCUT2D eigenvalue weighted by molar-refractivity contribution is 6.30. The summed E-state index contributed by atoms with van der Waals surface area (Å²) in [5, 5.41) is -0.199. The zero-order valence-corrected chi connectivity index (χ0v) is 8.56.